The van der Waals surface area contributed by atoms with Gasteiger partial charge in [0.25, 0.3) is 0 Å². The molecule has 1 aliphatic rings. The van der Waals surface area contributed by atoms with E-state index in [0.29, 0.717) is 25.4 Å². The molecule has 0 bridgehead atoms. The lowest BCUT2D eigenvalue weighted by molar-refractivity contribution is -0.148. The molecule has 0 aliphatic carbocycles. The predicted octanol–water partition coefficient (Wildman–Crippen LogP) is 4.41. The summed E-state index contributed by atoms with van der Waals surface area (Å²) in [5.41, 5.74) is 2.47. The smallest absolute Gasteiger partial charge is 0.310 e. The maximum absolute atomic E-state index is 13.7. The van der Waals surface area contributed by atoms with E-state index in [2.05, 4.69) is 11.9 Å². The van der Waals surface area contributed by atoms with E-state index in [1.807, 2.05) is 23.1 Å². The molecule has 0 N–H and O–H groups in total. The minimum atomic E-state index is -3.80. The minimum Gasteiger partial charge on any atom is -0.466 e. The van der Waals surface area contributed by atoms with Gasteiger partial charge >= 0.3 is 5.97 Å². The third-order valence-corrected chi connectivity index (χ3v) is 7.75. The molecule has 3 aromatic rings. The van der Waals surface area contributed by atoms with E-state index < -0.39 is 9.84 Å². The zero-order valence-corrected chi connectivity index (χ0v) is 19.3. The number of anilines is 1. The molecule has 0 radical (unpaired) electrons. The number of benzene rings is 2. The summed E-state index contributed by atoms with van der Waals surface area (Å²) in [5.74, 6) is -0.508. The third kappa shape index (κ3) is 4.21. The lowest BCUT2D eigenvalue weighted by atomic mass is 9.97. The standard InChI is InChI=1S/C25H28N2O4S/c1-3-18-12-13-22-21(15-18)24(27-14-8-9-19(17-27)25(28)31-4-2)23(16-26-22)32(29,30)20-10-6-5-7-11-20/h5-7,10-13,15-16,19H,3-4,8-9,14,17H2,1-2H3. The average Bonchev–Trinajstić information content (AvgIpc) is 2.83. The van der Waals surface area contributed by atoms with Gasteiger partial charge in [0, 0.05) is 24.7 Å². The molecule has 2 heterocycles. The second-order valence-corrected chi connectivity index (χ2v) is 9.95. The molecule has 1 aliphatic heterocycles. The molecule has 0 saturated carbocycles. The van der Waals surface area contributed by atoms with Gasteiger partial charge in [0.2, 0.25) is 9.84 Å². The highest BCUT2D eigenvalue weighted by atomic mass is 32.2. The van der Waals surface area contributed by atoms with Crippen molar-refractivity contribution in [2.45, 2.75) is 42.9 Å². The number of nitrogens with zero attached hydrogens (tertiary/aromatic N) is 2. The number of carbonyl (C=O) groups is 1. The van der Waals surface area contributed by atoms with Crippen LogP contribution in [0.4, 0.5) is 5.69 Å². The lowest BCUT2D eigenvalue weighted by Gasteiger charge is -2.35. The maximum Gasteiger partial charge on any atom is 0.310 e. The first kappa shape index (κ1) is 22.3. The molecule has 168 valence electrons. The van der Waals surface area contributed by atoms with E-state index in [-0.39, 0.29) is 21.7 Å². The summed E-state index contributed by atoms with van der Waals surface area (Å²) < 4.78 is 32.6. The van der Waals surface area contributed by atoms with Crippen LogP contribution in [-0.4, -0.2) is 39.1 Å². The fourth-order valence-corrected chi connectivity index (χ4v) is 5.76. The second kappa shape index (κ2) is 9.28. The van der Waals surface area contributed by atoms with Gasteiger partial charge in [-0.15, -0.1) is 0 Å². The number of sulfone groups is 1. The van der Waals surface area contributed by atoms with Gasteiger partial charge in [0.05, 0.1) is 28.6 Å². The number of carbonyl (C=O) groups excluding carboxylic acids is 1. The number of pyridine rings is 1. The summed E-state index contributed by atoms with van der Waals surface area (Å²) in [4.78, 5) is 19.4. The van der Waals surface area contributed by atoms with Crippen LogP contribution in [0.5, 0.6) is 0 Å². The quantitative estimate of drug-likeness (QED) is 0.516. The molecular weight excluding hydrogens is 424 g/mol. The van der Waals surface area contributed by atoms with Crippen LogP contribution in [0.15, 0.2) is 64.5 Å². The Hall–Kier alpha value is -2.93. The van der Waals surface area contributed by atoms with Gasteiger partial charge in [0.1, 0.15) is 4.90 Å². The first-order chi connectivity index (χ1) is 15.5. The summed E-state index contributed by atoms with van der Waals surface area (Å²) in [6.07, 6.45) is 3.81. The van der Waals surface area contributed by atoms with Gasteiger partial charge in [-0.25, -0.2) is 8.42 Å². The van der Waals surface area contributed by atoms with Crippen LogP contribution in [0.1, 0.15) is 32.3 Å². The fourth-order valence-electron chi connectivity index (χ4n) is 4.31. The second-order valence-electron chi connectivity index (χ2n) is 8.03. The molecule has 32 heavy (non-hydrogen) atoms. The van der Waals surface area contributed by atoms with Crippen molar-refractivity contribution >= 4 is 32.4 Å². The normalized spacial score (nSPS) is 16.8. The van der Waals surface area contributed by atoms with Crippen molar-refractivity contribution in [2.75, 3.05) is 24.6 Å². The number of hydrogen-bond donors (Lipinski definition) is 0. The predicted molar refractivity (Wildman–Crippen MR) is 125 cm³/mol. The van der Waals surface area contributed by atoms with Crippen molar-refractivity contribution in [1.29, 1.82) is 0 Å². The number of fused-ring (bicyclic) bond motifs is 1. The molecule has 1 unspecified atom stereocenters. The van der Waals surface area contributed by atoms with Gasteiger partial charge in [-0.05, 0) is 56.0 Å². The number of aryl methyl sites for hydroxylation is 1. The highest BCUT2D eigenvalue weighted by Crippen LogP contribution is 2.38. The Morgan fingerprint density at radius 3 is 2.66 bits per heavy atom. The molecule has 1 fully saturated rings. The van der Waals surface area contributed by atoms with Crippen LogP contribution in [0.3, 0.4) is 0 Å². The van der Waals surface area contributed by atoms with E-state index in [4.69, 9.17) is 4.74 Å². The first-order valence-corrected chi connectivity index (χ1v) is 12.6. The molecule has 0 spiro atoms. The van der Waals surface area contributed by atoms with Crippen molar-refractivity contribution in [3.63, 3.8) is 0 Å². The Morgan fingerprint density at radius 2 is 1.94 bits per heavy atom. The Bertz CT molecular complexity index is 1230. The number of aromatic nitrogens is 1. The van der Waals surface area contributed by atoms with E-state index in [1.165, 1.54) is 6.20 Å². The topological polar surface area (TPSA) is 76.6 Å². The van der Waals surface area contributed by atoms with Gasteiger partial charge in [0.15, 0.2) is 0 Å². The van der Waals surface area contributed by atoms with Crippen molar-refractivity contribution in [3.8, 4) is 0 Å². The third-order valence-electron chi connectivity index (χ3n) is 5.98. The minimum absolute atomic E-state index is 0.175. The van der Waals surface area contributed by atoms with Crippen LogP contribution < -0.4 is 4.90 Å². The molecule has 2 aromatic carbocycles. The van der Waals surface area contributed by atoms with Crippen LogP contribution in [-0.2, 0) is 25.8 Å². The number of ether oxygens (including phenoxy) is 1. The molecule has 1 atom stereocenters. The molecule has 4 rings (SSSR count). The van der Waals surface area contributed by atoms with Gasteiger partial charge in [-0.2, -0.15) is 0 Å². The number of piperidine rings is 1. The van der Waals surface area contributed by atoms with Crippen LogP contribution >= 0.6 is 0 Å². The van der Waals surface area contributed by atoms with E-state index >= 15 is 0 Å². The van der Waals surface area contributed by atoms with E-state index in [1.54, 1.807) is 37.3 Å². The summed E-state index contributed by atoms with van der Waals surface area (Å²) in [6, 6.07) is 14.4. The SMILES string of the molecule is CCOC(=O)C1CCCN(c2c(S(=O)(=O)c3ccccc3)cnc3ccc(CC)cc23)C1. The molecule has 7 heteroatoms. The molecule has 0 amide bonds. The van der Waals surface area contributed by atoms with Gasteiger partial charge in [-0.1, -0.05) is 31.2 Å². The number of rotatable bonds is 6. The van der Waals surface area contributed by atoms with Crippen molar-refractivity contribution in [3.05, 3.63) is 60.3 Å². The zero-order valence-electron chi connectivity index (χ0n) is 18.5. The van der Waals surface area contributed by atoms with Crippen LogP contribution in [0, 0.1) is 5.92 Å². The van der Waals surface area contributed by atoms with Crippen molar-refractivity contribution in [1.82, 2.24) is 4.98 Å². The Kier molecular flexibility index (Phi) is 6.46. The Labute approximate surface area is 189 Å². The largest absolute Gasteiger partial charge is 0.466 e. The molecule has 6 nitrogen and oxygen atoms in total. The number of hydrogen-bond acceptors (Lipinski definition) is 6. The molecule has 1 aromatic heterocycles. The van der Waals surface area contributed by atoms with Gasteiger partial charge < -0.3 is 9.64 Å². The van der Waals surface area contributed by atoms with Crippen molar-refractivity contribution in [2.24, 2.45) is 5.92 Å². The number of esters is 1. The summed E-state index contributed by atoms with van der Waals surface area (Å²) in [5, 5.41) is 0.797. The fraction of sp³-hybridized carbons (Fsp3) is 0.360. The maximum atomic E-state index is 13.7. The van der Waals surface area contributed by atoms with E-state index in [9.17, 15) is 13.2 Å². The average molecular weight is 453 g/mol. The first-order valence-electron chi connectivity index (χ1n) is 11.1. The van der Waals surface area contributed by atoms with Gasteiger partial charge in [-0.3, -0.25) is 9.78 Å². The van der Waals surface area contributed by atoms with Crippen LogP contribution in [0.2, 0.25) is 0 Å². The summed E-state index contributed by atoms with van der Waals surface area (Å²) in [6.45, 7) is 5.29. The van der Waals surface area contributed by atoms with Crippen LogP contribution in [0.25, 0.3) is 10.9 Å². The Morgan fingerprint density at radius 1 is 1.16 bits per heavy atom. The lowest BCUT2D eigenvalue weighted by Crippen LogP contribution is -2.40. The Balaban J connectivity index is 1.90. The summed E-state index contributed by atoms with van der Waals surface area (Å²) >= 11 is 0. The molecule has 1 saturated heterocycles. The van der Waals surface area contributed by atoms with Crippen molar-refractivity contribution < 1.29 is 17.9 Å². The zero-order chi connectivity index (χ0) is 22.7. The highest BCUT2D eigenvalue weighted by Gasteiger charge is 2.32. The molecular formula is C25H28N2O4S. The van der Waals surface area contributed by atoms with E-state index in [0.717, 1.165) is 35.7 Å². The summed E-state index contributed by atoms with van der Waals surface area (Å²) in [7, 11) is -3.80. The monoisotopic (exact) mass is 452 g/mol. The highest BCUT2D eigenvalue weighted by molar-refractivity contribution is 7.91.